The molecule has 16 heavy (non-hydrogen) atoms. The molecule has 0 heterocycles. The third-order valence-electron chi connectivity index (χ3n) is 1.96. The molecule has 0 N–H and O–H groups in total. The van der Waals surface area contributed by atoms with Crippen LogP contribution < -0.4 is 0 Å². The first-order valence-corrected chi connectivity index (χ1v) is 7.11. The van der Waals surface area contributed by atoms with E-state index in [9.17, 15) is 13.8 Å². The second-order valence-corrected chi connectivity index (χ2v) is 5.06. The summed E-state index contributed by atoms with van der Waals surface area (Å²) in [5.41, 5.74) is 0. The molecule has 0 amide bonds. The average Bonchev–Trinajstić information content (AvgIpc) is 2.24. The maximum absolute atomic E-state index is 11.4. The quantitative estimate of drug-likeness (QED) is 0.579. The fourth-order valence-electron chi connectivity index (χ4n) is 1.10. The predicted molar refractivity (Wildman–Crippen MR) is 63.7 cm³/mol. The van der Waals surface area contributed by atoms with E-state index in [1.807, 2.05) is 6.92 Å². The first kappa shape index (κ1) is 15.3. The summed E-state index contributed by atoms with van der Waals surface area (Å²) in [6.45, 7) is 4.06. The number of carbonyl (C=O) groups is 2. The van der Waals surface area contributed by atoms with Gasteiger partial charge in [0, 0.05) is 23.0 Å². The summed E-state index contributed by atoms with van der Waals surface area (Å²) in [4.78, 5) is 22.3. The third kappa shape index (κ3) is 8.59. The monoisotopic (exact) mass is 248 g/mol. The Labute approximate surface area is 99.2 Å². The number of unbranched alkanes of at least 4 members (excludes halogenated alkanes) is 1. The number of carbonyl (C=O) groups excluding carboxylic acids is 2. The van der Waals surface area contributed by atoms with Crippen LogP contribution in [-0.2, 0) is 25.1 Å². The molecule has 0 bridgehead atoms. The van der Waals surface area contributed by atoms with Crippen molar-refractivity contribution in [3.05, 3.63) is 0 Å². The van der Waals surface area contributed by atoms with E-state index < -0.39 is 10.8 Å². The molecule has 1 atom stereocenters. The Morgan fingerprint density at radius 3 is 2.44 bits per heavy atom. The van der Waals surface area contributed by atoms with Crippen molar-refractivity contribution in [1.29, 1.82) is 0 Å². The SMILES string of the molecule is CCCCS(=O)CC(=O)CCC(=O)OCC. The van der Waals surface area contributed by atoms with Crippen molar-refractivity contribution in [2.75, 3.05) is 18.1 Å². The van der Waals surface area contributed by atoms with Crippen molar-refractivity contribution < 1.29 is 18.5 Å². The van der Waals surface area contributed by atoms with Gasteiger partial charge in [-0.2, -0.15) is 0 Å². The van der Waals surface area contributed by atoms with Gasteiger partial charge in [0.1, 0.15) is 5.78 Å². The molecule has 0 aliphatic carbocycles. The minimum Gasteiger partial charge on any atom is -0.466 e. The molecule has 94 valence electrons. The molecule has 1 unspecified atom stereocenters. The molecule has 0 radical (unpaired) electrons. The highest BCUT2D eigenvalue weighted by Gasteiger charge is 2.10. The summed E-state index contributed by atoms with van der Waals surface area (Å²) in [5.74, 6) is 0.152. The Morgan fingerprint density at radius 2 is 1.88 bits per heavy atom. The lowest BCUT2D eigenvalue weighted by atomic mass is 10.2. The fourth-order valence-corrected chi connectivity index (χ4v) is 2.36. The molecular formula is C11H20O4S. The molecular weight excluding hydrogens is 228 g/mol. The molecule has 0 fully saturated rings. The minimum absolute atomic E-state index is 0.0689. The summed E-state index contributed by atoms with van der Waals surface area (Å²) >= 11 is 0. The molecule has 4 nitrogen and oxygen atoms in total. The van der Waals surface area contributed by atoms with Crippen molar-refractivity contribution in [3.8, 4) is 0 Å². The molecule has 0 rings (SSSR count). The highest BCUT2D eigenvalue weighted by molar-refractivity contribution is 7.85. The lowest BCUT2D eigenvalue weighted by Gasteiger charge is -2.02. The molecule has 0 spiro atoms. The Morgan fingerprint density at radius 1 is 1.19 bits per heavy atom. The molecule has 0 aromatic carbocycles. The molecule has 0 saturated carbocycles. The lowest BCUT2D eigenvalue weighted by molar-refractivity contribution is -0.144. The first-order chi connectivity index (χ1) is 7.60. The third-order valence-corrected chi connectivity index (χ3v) is 3.35. The van der Waals surface area contributed by atoms with Gasteiger partial charge in [-0.15, -0.1) is 0 Å². The highest BCUT2D eigenvalue weighted by Crippen LogP contribution is 1.98. The Hall–Kier alpha value is -0.710. The molecule has 0 aliphatic heterocycles. The van der Waals surface area contributed by atoms with Gasteiger partial charge in [-0.3, -0.25) is 13.8 Å². The summed E-state index contributed by atoms with van der Waals surface area (Å²) < 4.78 is 16.1. The number of ketones is 1. The summed E-state index contributed by atoms with van der Waals surface area (Å²) in [7, 11) is -1.07. The largest absolute Gasteiger partial charge is 0.466 e. The number of Topliss-reactive ketones (excluding diaryl/α,β-unsaturated/α-hetero) is 1. The van der Waals surface area contributed by atoms with Gasteiger partial charge < -0.3 is 4.74 Å². The Bertz CT molecular complexity index is 250. The number of esters is 1. The van der Waals surface area contributed by atoms with Crippen LogP contribution in [0.3, 0.4) is 0 Å². The van der Waals surface area contributed by atoms with Crippen LogP contribution in [-0.4, -0.2) is 34.1 Å². The van der Waals surface area contributed by atoms with Gasteiger partial charge in [-0.1, -0.05) is 13.3 Å². The van der Waals surface area contributed by atoms with Gasteiger partial charge in [-0.05, 0) is 13.3 Å². The lowest BCUT2D eigenvalue weighted by Crippen LogP contribution is -2.15. The summed E-state index contributed by atoms with van der Waals surface area (Å²) in [6, 6.07) is 0. The van der Waals surface area contributed by atoms with Crippen LogP contribution in [0.25, 0.3) is 0 Å². The zero-order valence-electron chi connectivity index (χ0n) is 9.99. The zero-order valence-corrected chi connectivity index (χ0v) is 10.8. The van der Waals surface area contributed by atoms with Gasteiger partial charge >= 0.3 is 5.97 Å². The first-order valence-electron chi connectivity index (χ1n) is 5.62. The van der Waals surface area contributed by atoms with Crippen LogP contribution in [0.4, 0.5) is 0 Å². The van der Waals surface area contributed by atoms with Gasteiger partial charge in [-0.25, -0.2) is 0 Å². The molecule has 0 aliphatic rings. The van der Waals surface area contributed by atoms with Crippen LogP contribution >= 0.6 is 0 Å². The highest BCUT2D eigenvalue weighted by atomic mass is 32.2. The van der Waals surface area contributed by atoms with Gasteiger partial charge in [0.25, 0.3) is 0 Å². The van der Waals surface area contributed by atoms with Crippen LogP contribution in [0.2, 0.25) is 0 Å². The van der Waals surface area contributed by atoms with Gasteiger partial charge in [0.15, 0.2) is 0 Å². The molecule has 5 heteroatoms. The maximum atomic E-state index is 11.4. The molecule has 0 saturated heterocycles. The van der Waals surface area contributed by atoms with Crippen molar-refractivity contribution in [2.45, 2.75) is 39.5 Å². The Balaban J connectivity index is 3.65. The van der Waals surface area contributed by atoms with Crippen LogP contribution in [0.15, 0.2) is 0 Å². The number of ether oxygens (including phenoxy) is 1. The maximum Gasteiger partial charge on any atom is 0.306 e. The van der Waals surface area contributed by atoms with E-state index in [-0.39, 0.29) is 30.3 Å². The van der Waals surface area contributed by atoms with Crippen molar-refractivity contribution in [2.24, 2.45) is 0 Å². The van der Waals surface area contributed by atoms with E-state index >= 15 is 0 Å². The van der Waals surface area contributed by atoms with Crippen LogP contribution in [0.1, 0.15) is 39.5 Å². The van der Waals surface area contributed by atoms with Gasteiger partial charge in [0.05, 0.1) is 18.8 Å². The van der Waals surface area contributed by atoms with Crippen molar-refractivity contribution in [1.82, 2.24) is 0 Å². The fraction of sp³-hybridized carbons (Fsp3) is 0.818. The van der Waals surface area contributed by atoms with Crippen molar-refractivity contribution in [3.63, 3.8) is 0 Å². The summed E-state index contributed by atoms with van der Waals surface area (Å²) in [6.07, 6.45) is 2.08. The van der Waals surface area contributed by atoms with Gasteiger partial charge in [0.2, 0.25) is 0 Å². The van der Waals surface area contributed by atoms with E-state index in [4.69, 9.17) is 4.74 Å². The predicted octanol–water partition coefficient (Wildman–Crippen LogP) is 1.45. The molecule has 0 aromatic heterocycles. The normalized spacial score (nSPS) is 12.1. The van der Waals surface area contributed by atoms with E-state index in [0.717, 1.165) is 12.8 Å². The minimum atomic E-state index is -1.07. The van der Waals surface area contributed by atoms with Crippen LogP contribution in [0.5, 0.6) is 0 Å². The number of hydrogen-bond donors (Lipinski definition) is 0. The zero-order chi connectivity index (χ0) is 12.4. The van der Waals surface area contributed by atoms with E-state index in [1.165, 1.54) is 0 Å². The number of rotatable bonds is 9. The van der Waals surface area contributed by atoms with E-state index in [1.54, 1.807) is 6.92 Å². The number of hydrogen-bond acceptors (Lipinski definition) is 4. The van der Waals surface area contributed by atoms with E-state index in [2.05, 4.69) is 0 Å². The van der Waals surface area contributed by atoms with E-state index in [0.29, 0.717) is 12.4 Å². The average molecular weight is 248 g/mol. The summed E-state index contributed by atoms with van der Waals surface area (Å²) in [5, 5.41) is 0. The second kappa shape index (κ2) is 9.51. The second-order valence-electron chi connectivity index (χ2n) is 3.49. The topological polar surface area (TPSA) is 60.4 Å². The molecule has 0 aromatic rings. The van der Waals surface area contributed by atoms with Crippen LogP contribution in [0, 0.1) is 0 Å². The van der Waals surface area contributed by atoms with Crippen molar-refractivity contribution >= 4 is 22.6 Å². The smallest absolute Gasteiger partial charge is 0.306 e. The standard InChI is InChI=1S/C11H20O4S/c1-3-5-8-16(14)9-10(12)6-7-11(13)15-4-2/h3-9H2,1-2H3. The Kier molecular flexibility index (Phi) is 9.09.